The van der Waals surface area contributed by atoms with E-state index in [0.717, 1.165) is 20.7 Å². The predicted molar refractivity (Wildman–Crippen MR) is 110 cm³/mol. The van der Waals surface area contributed by atoms with E-state index in [0.29, 0.717) is 27.7 Å². The van der Waals surface area contributed by atoms with E-state index in [4.69, 9.17) is 5.73 Å². The van der Waals surface area contributed by atoms with Crippen LogP contribution in [0.1, 0.15) is 10.4 Å². The number of nitrogens with two attached hydrogens (primary N) is 1. The van der Waals surface area contributed by atoms with Gasteiger partial charge in [-0.05, 0) is 37.6 Å². The average molecular weight is 400 g/mol. The minimum atomic E-state index is -0.284. The third kappa shape index (κ3) is 3.40. The number of rotatable bonds is 4. The number of hydrogen-bond donors (Lipinski definition) is 4. The molecule has 0 atom stereocenters. The first-order valence-electron chi connectivity index (χ1n) is 8.08. The van der Waals surface area contributed by atoms with Crippen molar-refractivity contribution in [2.45, 2.75) is 19.0 Å². The number of nitrogen functional groups attached to an aromatic ring is 1. The minimum absolute atomic E-state index is 0.149. The molecule has 0 fully saturated rings. The van der Waals surface area contributed by atoms with Gasteiger partial charge < -0.3 is 21.0 Å². The normalized spacial score (nSPS) is 11.3. The number of aromatic amines is 2. The summed E-state index contributed by atoms with van der Waals surface area (Å²) >= 11 is 2.80. The summed E-state index contributed by atoms with van der Waals surface area (Å²) in [6.07, 6.45) is 0. The summed E-state index contributed by atoms with van der Waals surface area (Å²) in [6, 6.07) is 5.16. The smallest absolute Gasteiger partial charge is 0.323 e. The monoisotopic (exact) mass is 400 g/mol. The van der Waals surface area contributed by atoms with E-state index < -0.39 is 0 Å². The molecule has 10 heteroatoms. The number of carbonyl (C=O) groups excluding carboxylic acids is 1. The molecular weight excluding hydrogens is 384 g/mol. The Morgan fingerprint density at radius 3 is 2.85 bits per heavy atom. The van der Waals surface area contributed by atoms with Crippen molar-refractivity contribution in [1.29, 1.82) is 0 Å². The molecule has 0 aliphatic carbocycles. The quantitative estimate of drug-likeness (QED) is 0.308. The van der Waals surface area contributed by atoms with Crippen molar-refractivity contribution in [2.75, 3.05) is 16.8 Å². The number of nitrogens with one attached hydrogen (secondary N) is 3. The van der Waals surface area contributed by atoms with Crippen LogP contribution in [0.4, 0.5) is 11.5 Å². The highest BCUT2D eigenvalue weighted by Gasteiger charge is 2.14. The van der Waals surface area contributed by atoms with Gasteiger partial charge in [0.25, 0.3) is 0 Å². The van der Waals surface area contributed by atoms with Crippen molar-refractivity contribution in [3.05, 3.63) is 39.1 Å². The Labute approximate surface area is 161 Å². The van der Waals surface area contributed by atoms with Gasteiger partial charge in [-0.15, -0.1) is 11.3 Å². The fraction of sp³-hybridized carbons (Fsp3) is 0.176. The summed E-state index contributed by atoms with van der Waals surface area (Å²) in [5, 5.41) is 4.16. The van der Waals surface area contributed by atoms with Crippen molar-refractivity contribution >= 4 is 61.8 Å². The van der Waals surface area contributed by atoms with Crippen molar-refractivity contribution in [3.63, 3.8) is 0 Å². The molecule has 5 N–H and O–H groups in total. The van der Waals surface area contributed by atoms with Crippen LogP contribution < -0.4 is 16.7 Å². The zero-order valence-electron chi connectivity index (χ0n) is 14.5. The van der Waals surface area contributed by atoms with Crippen molar-refractivity contribution in [3.8, 4) is 0 Å². The molecule has 0 unspecified atom stereocenters. The number of fused-ring (bicyclic) bond motifs is 2. The van der Waals surface area contributed by atoms with Crippen LogP contribution in [-0.4, -0.2) is 31.6 Å². The van der Waals surface area contributed by atoms with Gasteiger partial charge in [-0.25, -0.2) is 14.8 Å². The topological polar surface area (TPSA) is 130 Å². The molecule has 0 saturated heterocycles. The summed E-state index contributed by atoms with van der Waals surface area (Å²) in [5.41, 5.74) is 8.80. The summed E-state index contributed by atoms with van der Waals surface area (Å²) in [6.45, 7) is 4.03. The van der Waals surface area contributed by atoms with Crippen LogP contribution in [0.5, 0.6) is 0 Å². The molecule has 0 bridgehead atoms. The SMILES string of the molecule is Cc1sc2nc(SCC(=O)Nc3ccc4[nH]c(=O)[nH]c4c3)nc(N)c2c1C. The van der Waals surface area contributed by atoms with Gasteiger partial charge in [0.2, 0.25) is 5.91 Å². The molecule has 0 aliphatic heterocycles. The number of amides is 1. The molecule has 4 aromatic rings. The van der Waals surface area contributed by atoms with E-state index in [9.17, 15) is 9.59 Å². The maximum atomic E-state index is 12.2. The van der Waals surface area contributed by atoms with Crippen molar-refractivity contribution in [2.24, 2.45) is 0 Å². The first-order valence-corrected chi connectivity index (χ1v) is 9.89. The van der Waals surface area contributed by atoms with Crippen molar-refractivity contribution < 1.29 is 4.79 Å². The zero-order valence-corrected chi connectivity index (χ0v) is 16.2. The highest BCUT2D eigenvalue weighted by Crippen LogP contribution is 2.33. The summed E-state index contributed by atoms with van der Waals surface area (Å²) in [5.74, 6) is 0.389. The van der Waals surface area contributed by atoms with E-state index in [-0.39, 0.29) is 17.3 Å². The van der Waals surface area contributed by atoms with Gasteiger partial charge in [0.1, 0.15) is 10.6 Å². The number of benzene rings is 1. The molecule has 4 rings (SSSR count). The van der Waals surface area contributed by atoms with Gasteiger partial charge in [-0.1, -0.05) is 11.8 Å². The fourth-order valence-electron chi connectivity index (χ4n) is 2.76. The van der Waals surface area contributed by atoms with Gasteiger partial charge in [0.05, 0.1) is 22.2 Å². The third-order valence-electron chi connectivity index (χ3n) is 4.17. The number of hydrogen-bond acceptors (Lipinski definition) is 7. The van der Waals surface area contributed by atoms with Crippen molar-refractivity contribution in [1.82, 2.24) is 19.9 Å². The van der Waals surface area contributed by atoms with Gasteiger partial charge in [-0.2, -0.15) is 0 Å². The molecular formula is C17H16N6O2S2. The van der Waals surface area contributed by atoms with E-state index in [2.05, 4.69) is 25.3 Å². The van der Waals surface area contributed by atoms with Gasteiger partial charge in [-0.3, -0.25) is 4.79 Å². The standard InChI is InChI=1S/C17H16N6O2S2/c1-7-8(2)27-15-13(7)14(18)22-17(23-15)26-6-12(24)19-9-3-4-10-11(5-9)21-16(25)20-10/h3-5H,6H2,1-2H3,(H,19,24)(H2,18,22,23)(H2,20,21,25). The number of nitrogens with zero attached hydrogens (tertiary/aromatic N) is 2. The number of aromatic nitrogens is 4. The van der Waals surface area contributed by atoms with Crippen LogP contribution in [0.15, 0.2) is 28.2 Å². The fourth-order valence-corrected chi connectivity index (χ4v) is 4.51. The summed E-state index contributed by atoms with van der Waals surface area (Å²) in [7, 11) is 0. The second-order valence-corrected chi connectivity index (χ2v) is 8.18. The lowest BCUT2D eigenvalue weighted by atomic mass is 10.2. The van der Waals surface area contributed by atoms with Crippen LogP contribution in [0.3, 0.4) is 0 Å². The Bertz CT molecular complexity index is 1240. The van der Waals surface area contributed by atoms with Crippen LogP contribution in [-0.2, 0) is 4.79 Å². The first-order chi connectivity index (χ1) is 12.9. The van der Waals surface area contributed by atoms with Crippen LogP contribution in [0, 0.1) is 13.8 Å². The second-order valence-electron chi connectivity index (χ2n) is 6.03. The number of carbonyl (C=O) groups is 1. The van der Waals surface area contributed by atoms with E-state index in [1.54, 1.807) is 29.5 Å². The number of imidazole rings is 1. The lowest BCUT2D eigenvalue weighted by molar-refractivity contribution is -0.113. The lowest BCUT2D eigenvalue weighted by Crippen LogP contribution is -2.14. The average Bonchev–Trinajstić information content (AvgIpc) is 3.11. The second kappa shape index (κ2) is 6.71. The van der Waals surface area contributed by atoms with E-state index in [1.165, 1.54) is 11.8 Å². The molecule has 0 saturated carbocycles. The lowest BCUT2D eigenvalue weighted by Gasteiger charge is -2.05. The van der Waals surface area contributed by atoms with E-state index >= 15 is 0 Å². The summed E-state index contributed by atoms with van der Waals surface area (Å²) in [4.78, 5) is 39.7. The molecule has 8 nitrogen and oxygen atoms in total. The zero-order chi connectivity index (χ0) is 19.1. The van der Waals surface area contributed by atoms with E-state index in [1.807, 2.05) is 13.8 Å². The largest absolute Gasteiger partial charge is 0.383 e. The molecule has 27 heavy (non-hydrogen) atoms. The van der Waals surface area contributed by atoms with Crippen LogP contribution in [0.2, 0.25) is 0 Å². The molecule has 0 radical (unpaired) electrons. The van der Waals surface area contributed by atoms with Crippen LogP contribution >= 0.6 is 23.1 Å². The third-order valence-corrected chi connectivity index (χ3v) is 6.12. The first kappa shape index (κ1) is 17.6. The Balaban J connectivity index is 1.46. The Morgan fingerprint density at radius 1 is 1.26 bits per heavy atom. The number of aryl methyl sites for hydroxylation is 2. The maximum absolute atomic E-state index is 12.2. The number of H-pyrrole nitrogens is 2. The van der Waals surface area contributed by atoms with Crippen LogP contribution in [0.25, 0.3) is 21.3 Å². The predicted octanol–water partition coefficient (Wildman–Crippen LogP) is 2.79. The Morgan fingerprint density at radius 2 is 2.04 bits per heavy atom. The number of anilines is 2. The molecule has 3 aromatic heterocycles. The number of thioether (sulfide) groups is 1. The molecule has 1 amide bonds. The number of thiophene rings is 1. The highest BCUT2D eigenvalue weighted by atomic mass is 32.2. The minimum Gasteiger partial charge on any atom is -0.383 e. The van der Waals surface area contributed by atoms with Gasteiger partial charge in [0, 0.05) is 10.6 Å². The summed E-state index contributed by atoms with van der Waals surface area (Å²) < 4.78 is 0. The molecule has 3 heterocycles. The molecule has 138 valence electrons. The molecule has 0 aliphatic rings. The van der Waals surface area contributed by atoms with Gasteiger partial charge >= 0.3 is 5.69 Å². The Kier molecular flexibility index (Phi) is 4.36. The maximum Gasteiger partial charge on any atom is 0.323 e. The Hall–Kier alpha value is -2.85. The van der Waals surface area contributed by atoms with Gasteiger partial charge in [0.15, 0.2) is 5.16 Å². The highest BCUT2D eigenvalue weighted by molar-refractivity contribution is 7.99. The molecule has 1 aromatic carbocycles. The molecule has 0 spiro atoms.